The van der Waals surface area contributed by atoms with E-state index in [2.05, 4.69) is 19.3 Å². The molecule has 0 aliphatic carbocycles. The summed E-state index contributed by atoms with van der Waals surface area (Å²) >= 11 is 0. The summed E-state index contributed by atoms with van der Waals surface area (Å²) in [5.74, 6) is 5.32. The molecule has 1 heterocycles. The van der Waals surface area contributed by atoms with Crippen molar-refractivity contribution in [2.24, 2.45) is 5.84 Å². The van der Waals surface area contributed by atoms with E-state index in [9.17, 15) is 0 Å². The smallest absolute Gasteiger partial charge is 0.0566 e. The van der Waals surface area contributed by atoms with Gasteiger partial charge in [-0.1, -0.05) is 0 Å². The number of hydrazine groups is 1. The van der Waals surface area contributed by atoms with Gasteiger partial charge in [0.1, 0.15) is 0 Å². The van der Waals surface area contributed by atoms with Crippen molar-refractivity contribution < 1.29 is 4.74 Å². The second-order valence-corrected chi connectivity index (χ2v) is 3.09. The molecule has 0 aromatic carbocycles. The molecule has 3 nitrogen and oxygen atoms in total. The standard InChI is InChI=1S/C7H16N2O/c1-5-3-7(9-8)4-6(2)10-5/h5-7,9H,3-4,8H2,1-2H3. The van der Waals surface area contributed by atoms with Gasteiger partial charge in [0, 0.05) is 6.04 Å². The highest BCUT2D eigenvalue weighted by Gasteiger charge is 2.22. The molecule has 3 heteroatoms. The van der Waals surface area contributed by atoms with Crippen LogP contribution < -0.4 is 11.3 Å². The minimum atomic E-state index is 0.352. The van der Waals surface area contributed by atoms with E-state index < -0.39 is 0 Å². The lowest BCUT2D eigenvalue weighted by Crippen LogP contribution is -2.44. The van der Waals surface area contributed by atoms with Crippen LogP contribution in [-0.2, 0) is 4.74 Å². The fraction of sp³-hybridized carbons (Fsp3) is 1.00. The molecule has 10 heavy (non-hydrogen) atoms. The first-order valence-corrected chi connectivity index (χ1v) is 3.84. The fourth-order valence-electron chi connectivity index (χ4n) is 1.54. The molecule has 1 fully saturated rings. The molecule has 60 valence electrons. The normalized spacial score (nSPS) is 41.7. The Hall–Kier alpha value is -0.120. The third-order valence-electron chi connectivity index (χ3n) is 1.93. The van der Waals surface area contributed by atoms with Crippen LogP contribution in [0.2, 0.25) is 0 Å². The van der Waals surface area contributed by atoms with Gasteiger partial charge < -0.3 is 4.74 Å². The van der Waals surface area contributed by atoms with Crippen molar-refractivity contribution in [2.75, 3.05) is 0 Å². The maximum Gasteiger partial charge on any atom is 0.0566 e. The van der Waals surface area contributed by atoms with Gasteiger partial charge in [-0.2, -0.15) is 0 Å². The molecular formula is C7H16N2O. The number of nitrogens with two attached hydrogens (primary N) is 1. The Morgan fingerprint density at radius 2 is 1.80 bits per heavy atom. The lowest BCUT2D eigenvalue weighted by Gasteiger charge is -2.31. The molecule has 2 unspecified atom stereocenters. The summed E-state index contributed by atoms with van der Waals surface area (Å²) in [4.78, 5) is 0. The van der Waals surface area contributed by atoms with E-state index in [4.69, 9.17) is 10.6 Å². The molecule has 0 aromatic rings. The Labute approximate surface area is 61.9 Å². The van der Waals surface area contributed by atoms with Crippen LogP contribution in [0.4, 0.5) is 0 Å². The minimum Gasteiger partial charge on any atom is -0.375 e. The molecule has 1 saturated heterocycles. The SMILES string of the molecule is CC1CC(NN)CC(C)O1. The molecule has 1 aliphatic heterocycles. The topological polar surface area (TPSA) is 47.3 Å². The summed E-state index contributed by atoms with van der Waals surface area (Å²) in [6, 6.07) is 0.443. The van der Waals surface area contributed by atoms with Crippen molar-refractivity contribution in [1.29, 1.82) is 0 Å². The molecular weight excluding hydrogens is 128 g/mol. The molecule has 0 spiro atoms. The highest BCUT2D eigenvalue weighted by molar-refractivity contribution is 4.76. The monoisotopic (exact) mass is 144 g/mol. The summed E-state index contributed by atoms with van der Waals surface area (Å²) in [6.45, 7) is 4.17. The second-order valence-electron chi connectivity index (χ2n) is 3.09. The summed E-state index contributed by atoms with van der Waals surface area (Å²) in [7, 11) is 0. The van der Waals surface area contributed by atoms with Crippen LogP contribution in [0.5, 0.6) is 0 Å². The van der Waals surface area contributed by atoms with E-state index >= 15 is 0 Å². The van der Waals surface area contributed by atoms with Crippen molar-refractivity contribution in [1.82, 2.24) is 5.43 Å². The highest BCUT2D eigenvalue weighted by Crippen LogP contribution is 2.17. The van der Waals surface area contributed by atoms with Crippen LogP contribution in [0.25, 0.3) is 0 Å². The molecule has 0 bridgehead atoms. The van der Waals surface area contributed by atoms with Crippen LogP contribution in [0.1, 0.15) is 26.7 Å². The van der Waals surface area contributed by atoms with Gasteiger partial charge in [-0.25, -0.2) is 0 Å². The van der Waals surface area contributed by atoms with Crippen LogP contribution in [-0.4, -0.2) is 18.2 Å². The Kier molecular flexibility index (Phi) is 2.65. The Morgan fingerprint density at radius 1 is 1.30 bits per heavy atom. The number of rotatable bonds is 1. The van der Waals surface area contributed by atoms with Crippen LogP contribution in [0.3, 0.4) is 0 Å². The third-order valence-corrected chi connectivity index (χ3v) is 1.93. The predicted octanol–water partition coefficient (Wildman–Crippen LogP) is 0.406. The first kappa shape index (κ1) is 7.98. The average molecular weight is 144 g/mol. The Balaban J connectivity index is 2.35. The van der Waals surface area contributed by atoms with E-state index in [-0.39, 0.29) is 0 Å². The molecule has 1 rings (SSSR count). The van der Waals surface area contributed by atoms with E-state index in [0.29, 0.717) is 18.2 Å². The quantitative estimate of drug-likeness (QED) is 0.414. The van der Waals surface area contributed by atoms with Gasteiger partial charge in [-0.05, 0) is 26.7 Å². The van der Waals surface area contributed by atoms with E-state index in [0.717, 1.165) is 12.8 Å². The van der Waals surface area contributed by atoms with Crippen molar-refractivity contribution >= 4 is 0 Å². The first-order chi connectivity index (χ1) is 4.72. The maximum atomic E-state index is 5.52. The average Bonchev–Trinajstić information content (AvgIpc) is 1.85. The second kappa shape index (κ2) is 3.32. The van der Waals surface area contributed by atoms with Crippen LogP contribution >= 0.6 is 0 Å². The van der Waals surface area contributed by atoms with Crippen LogP contribution in [0.15, 0.2) is 0 Å². The minimum absolute atomic E-state index is 0.352. The van der Waals surface area contributed by atoms with E-state index in [1.807, 2.05) is 0 Å². The lowest BCUT2D eigenvalue weighted by atomic mass is 10.0. The highest BCUT2D eigenvalue weighted by atomic mass is 16.5. The molecule has 1 aliphatic rings. The van der Waals surface area contributed by atoms with Crippen molar-refractivity contribution in [3.63, 3.8) is 0 Å². The van der Waals surface area contributed by atoms with E-state index in [1.165, 1.54) is 0 Å². The molecule has 0 amide bonds. The largest absolute Gasteiger partial charge is 0.375 e. The zero-order chi connectivity index (χ0) is 7.56. The fourth-order valence-corrected chi connectivity index (χ4v) is 1.54. The first-order valence-electron chi connectivity index (χ1n) is 3.84. The zero-order valence-corrected chi connectivity index (χ0v) is 6.63. The van der Waals surface area contributed by atoms with Gasteiger partial charge in [0.05, 0.1) is 12.2 Å². The van der Waals surface area contributed by atoms with Gasteiger partial charge >= 0.3 is 0 Å². The van der Waals surface area contributed by atoms with Gasteiger partial charge in [-0.3, -0.25) is 11.3 Å². The number of hydrogen-bond acceptors (Lipinski definition) is 3. The van der Waals surface area contributed by atoms with Crippen molar-refractivity contribution in [2.45, 2.75) is 44.9 Å². The molecule has 3 N–H and O–H groups in total. The zero-order valence-electron chi connectivity index (χ0n) is 6.63. The van der Waals surface area contributed by atoms with E-state index in [1.54, 1.807) is 0 Å². The summed E-state index contributed by atoms with van der Waals surface area (Å²) in [5.41, 5.74) is 2.78. The third kappa shape index (κ3) is 1.94. The van der Waals surface area contributed by atoms with Crippen LogP contribution in [0, 0.1) is 0 Å². The molecule has 0 radical (unpaired) electrons. The Bertz CT molecular complexity index is 97.8. The van der Waals surface area contributed by atoms with Crippen molar-refractivity contribution in [3.8, 4) is 0 Å². The van der Waals surface area contributed by atoms with Gasteiger partial charge in [0.2, 0.25) is 0 Å². The van der Waals surface area contributed by atoms with Gasteiger partial charge in [-0.15, -0.1) is 0 Å². The summed E-state index contributed by atoms with van der Waals surface area (Å²) in [6.07, 6.45) is 2.76. The summed E-state index contributed by atoms with van der Waals surface area (Å²) in [5, 5.41) is 0. The predicted molar refractivity (Wildman–Crippen MR) is 40.4 cm³/mol. The lowest BCUT2D eigenvalue weighted by molar-refractivity contribution is -0.0420. The molecule has 0 saturated carbocycles. The number of hydrogen-bond donors (Lipinski definition) is 2. The van der Waals surface area contributed by atoms with Crippen molar-refractivity contribution in [3.05, 3.63) is 0 Å². The number of nitrogens with one attached hydrogen (secondary N) is 1. The Morgan fingerprint density at radius 3 is 2.20 bits per heavy atom. The molecule has 2 atom stereocenters. The summed E-state index contributed by atoms with van der Waals surface area (Å²) < 4.78 is 5.52. The molecule has 0 aromatic heterocycles. The van der Waals surface area contributed by atoms with Gasteiger partial charge in [0.15, 0.2) is 0 Å². The number of ether oxygens (including phenoxy) is 1. The maximum absolute atomic E-state index is 5.52. The van der Waals surface area contributed by atoms with Gasteiger partial charge in [0.25, 0.3) is 0 Å².